The summed E-state index contributed by atoms with van der Waals surface area (Å²) in [5.41, 5.74) is 1.97. The average molecular weight is 356 g/mol. The van der Waals surface area contributed by atoms with Crippen LogP contribution in [-0.4, -0.2) is 5.91 Å². The summed E-state index contributed by atoms with van der Waals surface area (Å²) in [7, 11) is 0. The zero-order valence-electron chi connectivity index (χ0n) is 13.4. The molecular weight excluding hydrogens is 341 g/mol. The Morgan fingerprint density at radius 1 is 1.16 bits per heavy atom. The molecule has 0 aliphatic rings. The van der Waals surface area contributed by atoms with Gasteiger partial charge in [0, 0.05) is 16.7 Å². The van der Waals surface area contributed by atoms with E-state index in [1.807, 2.05) is 25.1 Å². The number of nitrogens with one attached hydrogen (secondary N) is 1. The van der Waals surface area contributed by atoms with Crippen molar-refractivity contribution in [3.63, 3.8) is 0 Å². The first-order valence-electron chi connectivity index (χ1n) is 7.63. The van der Waals surface area contributed by atoms with Crippen molar-refractivity contribution in [2.45, 2.75) is 6.92 Å². The number of halogens is 2. The smallest absolute Gasteiger partial charge is 0.248 e. The molecule has 0 saturated carbocycles. The standard InChI is InChI=1S/C20H15ClFNO2/c1-13-6-7-14(12-16(13)21)19-10-8-15(25-19)9-11-20(24)23-18-5-3-2-4-17(18)22/h2-12H,1H3,(H,23,24)/b11-9+. The van der Waals surface area contributed by atoms with Crippen molar-refractivity contribution in [3.8, 4) is 11.3 Å². The number of anilines is 1. The van der Waals surface area contributed by atoms with Crippen LogP contribution in [-0.2, 0) is 4.79 Å². The second kappa shape index (κ2) is 7.36. The van der Waals surface area contributed by atoms with Gasteiger partial charge in [-0.2, -0.15) is 0 Å². The molecule has 25 heavy (non-hydrogen) atoms. The van der Waals surface area contributed by atoms with Crippen LogP contribution in [0.5, 0.6) is 0 Å². The molecule has 0 saturated heterocycles. The average Bonchev–Trinajstić information content (AvgIpc) is 3.07. The first-order valence-corrected chi connectivity index (χ1v) is 8.01. The van der Waals surface area contributed by atoms with E-state index in [0.29, 0.717) is 16.5 Å². The fraction of sp³-hybridized carbons (Fsp3) is 0.0500. The number of amides is 1. The highest BCUT2D eigenvalue weighted by atomic mass is 35.5. The summed E-state index contributed by atoms with van der Waals surface area (Å²) >= 11 is 6.12. The number of furan rings is 1. The summed E-state index contributed by atoms with van der Waals surface area (Å²) in [5, 5.41) is 3.14. The molecule has 1 aromatic heterocycles. The van der Waals surface area contributed by atoms with Gasteiger partial charge in [0.1, 0.15) is 17.3 Å². The highest BCUT2D eigenvalue weighted by Gasteiger charge is 2.06. The molecule has 0 aliphatic heterocycles. The van der Waals surface area contributed by atoms with Crippen LogP contribution in [0.25, 0.3) is 17.4 Å². The highest BCUT2D eigenvalue weighted by Crippen LogP contribution is 2.27. The number of rotatable bonds is 4. The molecule has 3 aromatic rings. The molecule has 5 heteroatoms. The van der Waals surface area contributed by atoms with Crippen LogP contribution >= 0.6 is 11.6 Å². The van der Waals surface area contributed by atoms with Gasteiger partial charge in [-0.1, -0.05) is 35.9 Å². The second-order valence-electron chi connectivity index (χ2n) is 5.47. The quantitative estimate of drug-likeness (QED) is 0.610. The van der Waals surface area contributed by atoms with E-state index in [2.05, 4.69) is 5.32 Å². The lowest BCUT2D eigenvalue weighted by molar-refractivity contribution is -0.111. The summed E-state index contributed by atoms with van der Waals surface area (Å²) < 4.78 is 19.2. The van der Waals surface area contributed by atoms with Gasteiger partial charge in [0.2, 0.25) is 5.91 Å². The zero-order valence-corrected chi connectivity index (χ0v) is 14.2. The summed E-state index contributed by atoms with van der Waals surface area (Å²) in [4.78, 5) is 11.9. The van der Waals surface area contributed by atoms with Gasteiger partial charge in [0.05, 0.1) is 5.69 Å². The lowest BCUT2D eigenvalue weighted by Gasteiger charge is -2.02. The third-order valence-corrected chi connectivity index (χ3v) is 4.02. The van der Waals surface area contributed by atoms with E-state index in [0.717, 1.165) is 11.1 Å². The molecule has 0 fully saturated rings. The number of para-hydroxylation sites is 1. The molecule has 0 aliphatic carbocycles. The van der Waals surface area contributed by atoms with Crippen molar-refractivity contribution in [1.82, 2.24) is 0 Å². The minimum Gasteiger partial charge on any atom is -0.457 e. The van der Waals surface area contributed by atoms with Gasteiger partial charge < -0.3 is 9.73 Å². The van der Waals surface area contributed by atoms with Crippen molar-refractivity contribution in [2.75, 3.05) is 5.32 Å². The topological polar surface area (TPSA) is 42.2 Å². The lowest BCUT2D eigenvalue weighted by atomic mass is 10.1. The Morgan fingerprint density at radius 2 is 1.96 bits per heavy atom. The largest absolute Gasteiger partial charge is 0.457 e. The molecule has 0 radical (unpaired) electrons. The van der Waals surface area contributed by atoms with E-state index in [9.17, 15) is 9.18 Å². The Balaban J connectivity index is 1.70. The van der Waals surface area contributed by atoms with Crippen LogP contribution in [0.2, 0.25) is 5.02 Å². The second-order valence-corrected chi connectivity index (χ2v) is 5.88. The van der Waals surface area contributed by atoms with Gasteiger partial charge >= 0.3 is 0 Å². The summed E-state index contributed by atoms with van der Waals surface area (Å²) in [6.45, 7) is 1.93. The Kier molecular flexibility index (Phi) is 5.00. The summed E-state index contributed by atoms with van der Waals surface area (Å²) in [6.07, 6.45) is 2.81. The van der Waals surface area contributed by atoms with Gasteiger partial charge in [-0.25, -0.2) is 4.39 Å². The fourth-order valence-electron chi connectivity index (χ4n) is 2.24. The van der Waals surface area contributed by atoms with Crippen LogP contribution in [0.1, 0.15) is 11.3 Å². The van der Waals surface area contributed by atoms with Crippen molar-refractivity contribution in [1.29, 1.82) is 0 Å². The zero-order chi connectivity index (χ0) is 17.8. The predicted octanol–water partition coefficient (Wildman–Crippen LogP) is 5.70. The Labute approximate surface area is 149 Å². The molecule has 0 unspecified atom stereocenters. The minimum absolute atomic E-state index is 0.131. The van der Waals surface area contributed by atoms with Gasteiger partial charge in [0.15, 0.2) is 0 Å². The monoisotopic (exact) mass is 355 g/mol. The maximum Gasteiger partial charge on any atom is 0.248 e. The Bertz CT molecular complexity index is 946. The van der Waals surface area contributed by atoms with Crippen molar-refractivity contribution < 1.29 is 13.6 Å². The maximum atomic E-state index is 13.5. The molecule has 126 valence electrons. The normalized spacial score (nSPS) is 11.0. The number of carbonyl (C=O) groups is 1. The maximum absolute atomic E-state index is 13.5. The number of hydrogen-bond acceptors (Lipinski definition) is 2. The molecule has 0 spiro atoms. The van der Waals surface area contributed by atoms with Gasteiger partial charge in [-0.15, -0.1) is 0 Å². The van der Waals surface area contributed by atoms with Gasteiger partial charge in [0.25, 0.3) is 0 Å². The molecule has 3 nitrogen and oxygen atoms in total. The Morgan fingerprint density at radius 3 is 2.72 bits per heavy atom. The molecule has 0 atom stereocenters. The SMILES string of the molecule is Cc1ccc(-c2ccc(/C=C/C(=O)Nc3ccccc3F)o2)cc1Cl. The molecule has 1 amide bonds. The van der Waals surface area contributed by atoms with Gasteiger partial charge in [-0.05, 0) is 48.9 Å². The van der Waals surface area contributed by atoms with E-state index < -0.39 is 11.7 Å². The molecule has 1 N–H and O–H groups in total. The third kappa shape index (κ3) is 4.17. The van der Waals surface area contributed by atoms with Crippen LogP contribution in [0.4, 0.5) is 10.1 Å². The molecule has 1 heterocycles. The highest BCUT2D eigenvalue weighted by molar-refractivity contribution is 6.31. The lowest BCUT2D eigenvalue weighted by Crippen LogP contribution is -2.08. The molecule has 0 bridgehead atoms. The first kappa shape index (κ1) is 17.0. The number of hydrogen-bond donors (Lipinski definition) is 1. The van der Waals surface area contributed by atoms with Crippen molar-refractivity contribution >= 4 is 29.3 Å². The Hall–Kier alpha value is -2.85. The van der Waals surface area contributed by atoms with Crippen LogP contribution < -0.4 is 5.32 Å². The third-order valence-electron chi connectivity index (χ3n) is 3.61. The van der Waals surface area contributed by atoms with Crippen LogP contribution in [0, 0.1) is 12.7 Å². The molecule has 2 aromatic carbocycles. The number of aryl methyl sites for hydroxylation is 1. The van der Waals surface area contributed by atoms with E-state index in [-0.39, 0.29) is 5.69 Å². The van der Waals surface area contributed by atoms with Crippen LogP contribution in [0.3, 0.4) is 0 Å². The predicted molar refractivity (Wildman–Crippen MR) is 98.0 cm³/mol. The fourth-order valence-corrected chi connectivity index (χ4v) is 2.42. The summed E-state index contributed by atoms with van der Waals surface area (Å²) in [5.74, 6) is 0.230. The summed E-state index contributed by atoms with van der Waals surface area (Å²) in [6, 6.07) is 15.2. The van der Waals surface area contributed by atoms with Crippen molar-refractivity contribution in [3.05, 3.63) is 82.8 Å². The van der Waals surface area contributed by atoms with Crippen molar-refractivity contribution in [2.24, 2.45) is 0 Å². The molecular formula is C20H15ClFNO2. The number of benzene rings is 2. The van der Waals surface area contributed by atoms with E-state index in [1.54, 1.807) is 24.3 Å². The van der Waals surface area contributed by atoms with E-state index >= 15 is 0 Å². The van der Waals surface area contributed by atoms with Gasteiger partial charge in [-0.3, -0.25) is 4.79 Å². The first-order chi connectivity index (χ1) is 12.0. The van der Waals surface area contributed by atoms with Crippen LogP contribution in [0.15, 0.2) is 65.1 Å². The minimum atomic E-state index is -0.485. The number of carbonyl (C=O) groups excluding carboxylic acids is 1. The molecule has 3 rings (SSSR count). The van der Waals surface area contributed by atoms with E-state index in [4.69, 9.17) is 16.0 Å². The van der Waals surface area contributed by atoms with E-state index in [1.165, 1.54) is 24.3 Å².